The Bertz CT molecular complexity index is 1450. The van der Waals surface area contributed by atoms with Crippen molar-refractivity contribution in [1.29, 1.82) is 0 Å². The van der Waals surface area contributed by atoms with Crippen molar-refractivity contribution >= 4 is 5.91 Å². The molecule has 7 atom stereocenters. The predicted octanol–water partition coefficient (Wildman–Crippen LogP) is 18.6. The number of unbranched alkanes of at least 4 members (excludes halogenated alkanes) is 40. The molecule has 1 amide bonds. The normalized spacial score (nSPS) is 18.8. The number of nitrogens with one attached hydrogen (secondary N) is 1. The zero-order valence-corrected chi connectivity index (χ0v) is 52.3. The van der Waals surface area contributed by atoms with Crippen LogP contribution < -0.4 is 5.32 Å². The SMILES string of the molecule is CC/C=C\C/C=C\C/C=C\C/C=C\C/C=C\CCCCCCCCCCCCCCCCCC(=O)NC(COC1OC(CO)C(O)C(O)C1O)C(O)CCCCCCCCCCCCCCCCCCCCCCCCCCCC. The van der Waals surface area contributed by atoms with E-state index in [2.05, 4.69) is 79.9 Å². The lowest BCUT2D eigenvalue weighted by atomic mass is 9.99. The van der Waals surface area contributed by atoms with Crippen LogP contribution in [0.1, 0.15) is 328 Å². The first-order valence-electron chi connectivity index (χ1n) is 34.5. The third-order valence-electron chi connectivity index (χ3n) is 16.4. The topological polar surface area (TPSA) is 149 Å². The number of allylic oxidation sites excluding steroid dienone is 10. The molecule has 0 radical (unpaired) electrons. The molecule has 0 aliphatic carbocycles. The molecule has 1 saturated heterocycles. The largest absolute Gasteiger partial charge is 0.394 e. The number of aliphatic hydroxyl groups excluding tert-OH is 5. The van der Waals surface area contributed by atoms with Gasteiger partial charge in [-0.1, -0.05) is 325 Å². The van der Waals surface area contributed by atoms with E-state index in [1.807, 2.05) is 0 Å². The molecular weight excluding hydrogens is 995 g/mol. The minimum Gasteiger partial charge on any atom is -0.394 e. The number of amides is 1. The van der Waals surface area contributed by atoms with Crippen molar-refractivity contribution in [1.82, 2.24) is 5.32 Å². The Morgan fingerprint density at radius 2 is 0.775 bits per heavy atom. The number of hydrogen-bond donors (Lipinski definition) is 6. The molecule has 0 bridgehead atoms. The molecule has 0 aromatic carbocycles. The zero-order chi connectivity index (χ0) is 57.9. The van der Waals surface area contributed by atoms with Gasteiger partial charge in [-0.2, -0.15) is 0 Å². The van der Waals surface area contributed by atoms with Crippen molar-refractivity contribution in [3.05, 3.63) is 60.8 Å². The van der Waals surface area contributed by atoms with E-state index >= 15 is 0 Å². The number of carbonyl (C=O) groups is 1. The van der Waals surface area contributed by atoms with Crippen LogP contribution in [-0.4, -0.2) is 87.5 Å². The summed E-state index contributed by atoms with van der Waals surface area (Å²) in [5, 5.41) is 54.9. The predicted molar refractivity (Wildman–Crippen MR) is 341 cm³/mol. The fourth-order valence-corrected chi connectivity index (χ4v) is 11.0. The van der Waals surface area contributed by atoms with E-state index in [0.29, 0.717) is 12.8 Å². The van der Waals surface area contributed by atoms with E-state index in [1.54, 1.807) is 0 Å². The molecule has 6 N–H and O–H groups in total. The average Bonchev–Trinajstić information content (AvgIpc) is 3.46. The van der Waals surface area contributed by atoms with Gasteiger partial charge in [0.1, 0.15) is 24.4 Å². The quantitative estimate of drug-likeness (QED) is 0.0261. The summed E-state index contributed by atoms with van der Waals surface area (Å²) in [7, 11) is 0. The Hall–Kier alpha value is -2.11. The Labute approximate surface area is 494 Å². The third-order valence-corrected chi connectivity index (χ3v) is 16.4. The van der Waals surface area contributed by atoms with Gasteiger partial charge >= 0.3 is 0 Å². The highest BCUT2D eigenvalue weighted by molar-refractivity contribution is 5.76. The second-order valence-electron chi connectivity index (χ2n) is 23.9. The van der Waals surface area contributed by atoms with Gasteiger partial charge in [0, 0.05) is 6.42 Å². The number of ether oxygens (including phenoxy) is 2. The second-order valence-corrected chi connectivity index (χ2v) is 23.9. The van der Waals surface area contributed by atoms with Gasteiger partial charge in [0.15, 0.2) is 6.29 Å². The molecule has 80 heavy (non-hydrogen) atoms. The van der Waals surface area contributed by atoms with Crippen LogP contribution >= 0.6 is 0 Å². The van der Waals surface area contributed by atoms with Gasteiger partial charge in [0.05, 0.1) is 25.4 Å². The van der Waals surface area contributed by atoms with Gasteiger partial charge in [-0.15, -0.1) is 0 Å². The van der Waals surface area contributed by atoms with Crippen LogP contribution in [0.5, 0.6) is 0 Å². The maximum atomic E-state index is 13.2. The first kappa shape index (κ1) is 75.9. The van der Waals surface area contributed by atoms with E-state index in [4.69, 9.17) is 9.47 Å². The van der Waals surface area contributed by atoms with Gasteiger partial charge in [0.2, 0.25) is 5.91 Å². The zero-order valence-electron chi connectivity index (χ0n) is 52.3. The number of aliphatic hydroxyl groups is 5. The van der Waals surface area contributed by atoms with Crippen molar-refractivity contribution < 1.29 is 39.8 Å². The van der Waals surface area contributed by atoms with E-state index < -0.39 is 49.5 Å². The van der Waals surface area contributed by atoms with Crippen LogP contribution in [0.3, 0.4) is 0 Å². The highest BCUT2D eigenvalue weighted by atomic mass is 16.7. The Kier molecular flexibility index (Phi) is 57.0. The lowest BCUT2D eigenvalue weighted by Gasteiger charge is -2.40. The average molecular weight is 1130 g/mol. The minimum atomic E-state index is -1.56. The molecule has 9 heteroatoms. The van der Waals surface area contributed by atoms with Crippen LogP contribution in [-0.2, 0) is 14.3 Å². The van der Waals surface area contributed by atoms with E-state index in [0.717, 1.165) is 70.6 Å². The summed E-state index contributed by atoms with van der Waals surface area (Å²) in [5.74, 6) is -0.141. The third kappa shape index (κ3) is 48.3. The Morgan fingerprint density at radius 3 is 1.15 bits per heavy atom. The van der Waals surface area contributed by atoms with E-state index in [-0.39, 0.29) is 12.5 Å². The number of hydrogen-bond acceptors (Lipinski definition) is 8. The van der Waals surface area contributed by atoms with E-state index in [1.165, 1.54) is 231 Å². The molecule has 1 heterocycles. The summed E-state index contributed by atoms with van der Waals surface area (Å²) in [6, 6.07) is -0.722. The molecule has 0 spiro atoms. The number of rotatable bonds is 60. The molecule has 1 aliphatic heterocycles. The van der Waals surface area contributed by atoms with Gasteiger partial charge in [-0.05, 0) is 57.8 Å². The molecule has 468 valence electrons. The molecule has 9 nitrogen and oxygen atoms in total. The van der Waals surface area contributed by atoms with Crippen LogP contribution in [0.4, 0.5) is 0 Å². The maximum Gasteiger partial charge on any atom is 0.220 e. The van der Waals surface area contributed by atoms with Crippen molar-refractivity contribution in [2.24, 2.45) is 0 Å². The lowest BCUT2D eigenvalue weighted by Crippen LogP contribution is -2.60. The summed E-state index contributed by atoms with van der Waals surface area (Å²) < 4.78 is 11.4. The van der Waals surface area contributed by atoms with Crippen molar-refractivity contribution in [3.8, 4) is 0 Å². The lowest BCUT2D eigenvalue weighted by molar-refractivity contribution is -0.302. The van der Waals surface area contributed by atoms with Gasteiger partial charge < -0.3 is 40.3 Å². The van der Waals surface area contributed by atoms with Crippen LogP contribution in [0.15, 0.2) is 60.8 Å². The maximum absolute atomic E-state index is 13.2. The molecule has 1 aliphatic rings. The molecule has 1 rings (SSSR count). The number of carbonyl (C=O) groups excluding carboxylic acids is 1. The fraction of sp³-hybridized carbons (Fsp3) is 0.845. The summed E-state index contributed by atoms with van der Waals surface area (Å²) in [6.45, 7) is 3.77. The van der Waals surface area contributed by atoms with Crippen molar-refractivity contribution in [3.63, 3.8) is 0 Å². The molecule has 1 fully saturated rings. The summed E-state index contributed by atoms with van der Waals surface area (Å²) in [6.07, 6.45) is 75.6. The Morgan fingerprint density at radius 1 is 0.438 bits per heavy atom. The van der Waals surface area contributed by atoms with Gasteiger partial charge in [-0.25, -0.2) is 0 Å². The summed E-state index contributed by atoms with van der Waals surface area (Å²) in [4.78, 5) is 13.2. The van der Waals surface area contributed by atoms with Crippen LogP contribution in [0.25, 0.3) is 0 Å². The van der Waals surface area contributed by atoms with Gasteiger partial charge in [-0.3, -0.25) is 4.79 Å². The monoisotopic (exact) mass is 1130 g/mol. The van der Waals surface area contributed by atoms with Crippen LogP contribution in [0, 0.1) is 0 Å². The second kappa shape index (κ2) is 60.0. The van der Waals surface area contributed by atoms with Crippen molar-refractivity contribution in [2.45, 2.75) is 371 Å². The molecule has 0 aromatic heterocycles. The van der Waals surface area contributed by atoms with Gasteiger partial charge in [0.25, 0.3) is 0 Å². The first-order valence-corrected chi connectivity index (χ1v) is 34.5. The highest BCUT2D eigenvalue weighted by Crippen LogP contribution is 2.24. The molecular formula is C71H131NO8. The summed E-state index contributed by atoms with van der Waals surface area (Å²) in [5.41, 5.74) is 0. The summed E-state index contributed by atoms with van der Waals surface area (Å²) >= 11 is 0. The molecule has 0 saturated carbocycles. The van der Waals surface area contributed by atoms with E-state index in [9.17, 15) is 30.3 Å². The van der Waals surface area contributed by atoms with Crippen LogP contribution in [0.2, 0.25) is 0 Å². The standard InChI is InChI=1S/C71H131NO8/c1-3-5-7-9-11-13-15-17-19-21-23-25-27-29-31-32-33-34-35-37-39-41-43-45-47-49-51-53-55-57-59-61-67(75)72-64(63-79-71-70(78)69(77)68(76)66(62-73)80-71)65(74)60-58-56-54-52-50-48-46-44-42-40-38-36-30-28-26-24-22-20-18-16-14-12-10-8-6-4-2/h5,7,11,13,17,19,23,25,29,31,64-66,68-71,73-74,76-78H,3-4,6,8-10,12,14-16,18,20-22,24,26-28,30,32-63H2,1-2H3,(H,72,75)/b7-5-,13-11-,19-17-,25-23-,31-29-. The Balaban J connectivity index is 2.12. The molecule has 7 unspecified atom stereocenters. The fourth-order valence-electron chi connectivity index (χ4n) is 11.0. The molecule has 0 aromatic rings. The minimum absolute atomic E-state index is 0.137. The van der Waals surface area contributed by atoms with Crippen molar-refractivity contribution in [2.75, 3.05) is 13.2 Å². The smallest absolute Gasteiger partial charge is 0.220 e. The highest BCUT2D eigenvalue weighted by Gasteiger charge is 2.44. The first-order chi connectivity index (χ1) is 39.3.